The van der Waals surface area contributed by atoms with Gasteiger partial charge in [0.25, 0.3) is 0 Å². The van der Waals surface area contributed by atoms with Gasteiger partial charge in [0, 0.05) is 12.5 Å². The maximum absolute atomic E-state index is 12.6. The average molecular weight is 180 g/mol. The molecule has 1 nitrogen and oxygen atoms in total. The van der Waals surface area contributed by atoms with Crippen LogP contribution >= 0.6 is 0 Å². The first-order valence-corrected chi connectivity index (χ1v) is 4.78. The fourth-order valence-electron chi connectivity index (χ4n) is 0.217. The molecule has 1 atom stereocenters. The third-order valence-electron chi connectivity index (χ3n) is 1.45. The van der Waals surface area contributed by atoms with E-state index in [1.807, 2.05) is 27.7 Å². The van der Waals surface area contributed by atoms with Gasteiger partial charge in [-0.3, -0.25) is 0 Å². The lowest BCUT2D eigenvalue weighted by Crippen LogP contribution is -2.25. The molecular weight excluding hydrogens is 155 g/mol. The molecule has 0 aliphatic rings. The van der Waals surface area contributed by atoms with Gasteiger partial charge in [0.2, 0.25) is 0 Å². The summed E-state index contributed by atoms with van der Waals surface area (Å²) in [4.78, 5) is 0. The molecule has 0 amide bonds. The van der Waals surface area contributed by atoms with E-state index >= 15 is 0 Å². The molecule has 0 aromatic heterocycles. The van der Waals surface area contributed by atoms with Gasteiger partial charge >= 0.3 is 0 Å². The van der Waals surface area contributed by atoms with Gasteiger partial charge < -0.3 is 5.11 Å². The first-order valence-electron chi connectivity index (χ1n) is 4.78. The van der Waals surface area contributed by atoms with Crippen LogP contribution in [0.3, 0.4) is 0 Å². The zero-order chi connectivity index (χ0) is 10.8. The second-order valence-corrected chi connectivity index (χ2v) is 2.65. The van der Waals surface area contributed by atoms with Crippen molar-refractivity contribution in [2.24, 2.45) is 5.92 Å². The minimum atomic E-state index is -1.24. The number of halogens is 1. The summed E-state index contributed by atoms with van der Waals surface area (Å²) in [5, 5.41) is 8.43. The van der Waals surface area contributed by atoms with Crippen molar-refractivity contribution in [1.82, 2.24) is 0 Å². The van der Waals surface area contributed by atoms with Gasteiger partial charge in [-0.25, -0.2) is 4.39 Å². The molecule has 0 saturated heterocycles. The van der Waals surface area contributed by atoms with Crippen LogP contribution in [0.25, 0.3) is 0 Å². The molecule has 0 radical (unpaired) electrons. The lowest BCUT2D eigenvalue weighted by Gasteiger charge is -2.19. The smallest absolute Gasteiger partial charge is 0.110 e. The van der Waals surface area contributed by atoms with Gasteiger partial charge in [-0.15, -0.1) is 0 Å². The molecule has 0 aromatic rings. The quantitative estimate of drug-likeness (QED) is 0.690. The molecule has 1 unspecified atom stereocenters. The third-order valence-corrected chi connectivity index (χ3v) is 1.45. The van der Waals surface area contributed by atoms with E-state index in [9.17, 15) is 4.39 Å². The summed E-state index contributed by atoms with van der Waals surface area (Å²) >= 11 is 0. The SMILES string of the molecule is CC.CC.CC(CO)C(C)(C)F. The van der Waals surface area contributed by atoms with E-state index < -0.39 is 5.67 Å². The number of alkyl halides is 1. The lowest BCUT2D eigenvalue weighted by atomic mass is 9.96. The molecule has 1 N–H and O–H groups in total. The number of hydrogen-bond donors (Lipinski definition) is 1. The van der Waals surface area contributed by atoms with E-state index in [1.54, 1.807) is 6.92 Å². The van der Waals surface area contributed by atoms with Crippen LogP contribution in [0.5, 0.6) is 0 Å². The van der Waals surface area contributed by atoms with Crippen LogP contribution in [0.15, 0.2) is 0 Å². The van der Waals surface area contributed by atoms with Crippen LogP contribution in [-0.4, -0.2) is 17.4 Å². The molecule has 0 fully saturated rings. The number of aliphatic hydroxyl groups is 1. The molecule has 12 heavy (non-hydrogen) atoms. The van der Waals surface area contributed by atoms with Gasteiger partial charge in [0.15, 0.2) is 0 Å². The molecule has 0 heterocycles. The van der Waals surface area contributed by atoms with E-state index in [2.05, 4.69) is 0 Å². The van der Waals surface area contributed by atoms with Crippen LogP contribution in [0.2, 0.25) is 0 Å². The van der Waals surface area contributed by atoms with Gasteiger partial charge in [-0.2, -0.15) is 0 Å². The van der Waals surface area contributed by atoms with Crippen molar-refractivity contribution in [1.29, 1.82) is 0 Å². The summed E-state index contributed by atoms with van der Waals surface area (Å²) in [7, 11) is 0. The topological polar surface area (TPSA) is 20.2 Å². The fourth-order valence-corrected chi connectivity index (χ4v) is 0.217. The Labute approximate surface area is 77.0 Å². The third kappa shape index (κ3) is 12.6. The first kappa shape index (κ1) is 17.8. The van der Waals surface area contributed by atoms with Gasteiger partial charge in [-0.05, 0) is 13.8 Å². The molecule has 0 rings (SSSR count). The van der Waals surface area contributed by atoms with Gasteiger partial charge in [-0.1, -0.05) is 34.6 Å². The molecular formula is C10H25FO. The van der Waals surface area contributed by atoms with Crippen LogP contribution in [-0.2, 0) is 0 Å². The summed E-state index contributed by atoms with van der Waals surface area (Å²) in [6, 6.07) is 0. The normalized spacial score (nSPS) is 11.8. The van der Waals surface area contributed by atoms with Crippen LogP contribution in [0.1, 0.15) is 48.5 Å². The summed E-state index contributed by atoms with van der Waals surface area (Å²) < 4.78 is 12.6. The fraction of sp³-hybridized carbons (Fsp3) is 1.00. The summed E-state index contributed by atoms with van der Waals surface area (Å²) in [6.07, 6.45) is 0. The maximum atomic E-state index is 12.6. The molecule has 0 aliphatic carbocycles. The highest BCUT2D eigenvalue weighted by molar-refractivity contribution is 4.72. The van der Waals surface area contributed by atoms with E-state index in [0.29, 0.717) is 0 Å². The van der Waals surface area contributed by atoms with Crippen molar-refractivity contribution in [3.8, 4) is 0 Å². The Morgan fingerprint density at radius 3 is 1.42 bits per heavy atom. The second-order valence-electron chi connectivity index (χ2n) is 2.65. The number of aliphatic hydroxyl groups excluding tert-OH is 1. The van der Waals surface area contributed by atoms with E-state index in [-0.39, 0.29) is 12.5 Å². The highest BCUT2D eigenvalue weighted by Crippen LogP contribution is 2.19. The van der Waals surface area contributed by atoms with Crippen molar-refractivity contribution < 1.29 is 9.50 Å². The molecule has 0 saturated carbocycles. The summed E-state index contributed by atoms with van der Waals surface area (Å²) in [6.45, 7) is 12.5. The standard InChI is InChI=1S/C6H13FO.2C2H6/c1-5(4-8)6(2,3)7;2*1-2/h5,8H,4H2,1-3H3;2*1-2H3. The lowest BCUT2D eigenvalue weighted by molar-refractivity contribution is 0.0839. The summed E-state index contributed by atoms with van der Waals surface area (Å²) in [5.74, 6) is -0.262. The molecule has 78 valence electrons. The average Bonchev–Trinajstić information content (AvgIpc) is 2.08. The van der Waals surface area contributed by atoms with Gasteiger partial charge in [0.05, 0.1) is 0 Å². The van der Waals surface area contributed by atoms with Gasteiger partial charge in [0.1, 0.15) is 5.67 Å². The Hall–Kier alpha value is -0.110. The van der Waals surface area contributed by atoms with Crippen molar-refractivity contribution in [2.75, 3.05) is 6.61 Å². The van der Waals surface area contributed by atoms with Crippen LogP contribution < -0.4 is 0 Å². The first-order chi connectivity index (χ1) is 5.48. The molecule has 0 aromatic carbocycles. The largest absolute Gasteiger partial charge is 0.396 e. The minimum Gasteiger partial charge on any atom is -0.396 e. The monoisotopic (exact) mass is 180 g/mol. The molecule has 2 heteroatoms. The van der Waals surface area contributed by atoms with Crippen molar-refractivity contribution in [3.05, 3.63) is 0 Å². The Kier molecular flexibility index (Phi) is 16.2. The molecule has 0 aliphatic heterocycles. The van der Waals surface area contributed by atoms with Crippen LogP contribution in [0.4, 0.5) is 4.39 Å². The Bertz CT molecular complexity index is 66.7. The van der Waals surface area contributed by atoms with Crippen molar-refractivity contribution >= 4 is 0 Å². The predicted octanol–water partition coefficient (Wildman–Crippen LogP) is 3.42. The van der Waals surface area contributed by atoms with Crippen molar-refractivity contribution in [2.45, 2.75) is 54.1 Å². The highest BCUT2D eigenvalue weighted by atomic mass is 19.1. The minimum absolute atomic E-state index is 0.0799. The van der Waals surface area contributed by atoms with E-state index in [1.165, 1.54) is 13.8 Å². The summed E-state index contributed by atoms with van der Waals surface area (Å²) in [5.41, 5.74) is -1.24. The Morgan fingerprint density at radius 2 is 1.42 bits per heavy atom. The molecule has 0 spiro atoms. The zero-order valence-electron chi connectivity index (χ0n) is 9.61. The Morgan fingerprint density at radius 1 is 1.17 bits per heavy atom. The zero-order valence-corrected chi connectivity index (χ0v) is 9.61. The van der Waals surface area contributed by atoms with E-state index in [0.717, 1.165) is 0 Å². The predicted molar refractivity (Wildman–Crippen MR) is 54.1 cm³/mol. The van der Waals surface area contributed by atoms with Crippen LogP contribution in [0, 0.1) is 5.92 Å². The number of rotatable bonds is 2. The highest BCUT2D eigenvalue weighted by Gasteiger charge is 2.23. The van der Waals surface area contributed by atoms with Crippen molar-refractivity contribution in [3.63, 3.8) is 0 Å². The number of hydrogen-bond acceptors (Lipinski definition) is 1. The maximum Gasteiger partial charge on any atom is 0.110 e. The Balaban J connectivity index is -0.000000175. The molecule has 0 bridgehead atoms. The second kappa shape index (κ2) is 10.9. The van der Waals surface area contributed by atoms with E-state index in [4.69, 9.17) is 5.11 Å².